The number of carbonyl (C=O) groups is 2. The van der Waals surface area contributed by atoms with Crippen LogP contribution < -0.4 is 10.6 Å². The molecule has 0 spiro atoms. The summed E-state index contributed by atoms with van der Waals surface area (Å²) in [7, 11) is 2.49. The van der Waals surface area contributed by atoms with Crippen LogP contribution in [0.25, 0.3) is 0 Å². The van der Waals surface area contributed by atoms with Gasteiger partial charge in [0.2, 0.25) is 5.54 Å². The molecule has 2 aromatic rings. The first-order valence-corrected chi connectivity index (χ1v) is 10.4. The molecular formula is C23H27ClN2O5. The molecule has 3 N–H and O–H groups in total. The number of halogens is 1. The number of benzene rings is 2. The van der Waals surface area contributed by atoms with Gasteiger partial charge in [-0.3, -0.25) is 0 Å². The first-order valence-electron chi connectivity index (χ1n) is 10.0. The third-order valence-corrected chi connectivity index (χ3v) is 5.71. The summed E-state index contributed by atoms with van der Waals surface area (Å²) in [4.78, 5) is 24.7. The Balaban J connectivity index is 1.63. The highest BCUT2D eigenvalue weighted by atomic mass is 35.5. The summed E-state index contributed by atoms with van der Waals surface area (Å²) < 4.78 is 9.68. The fourth-order valence-electron chi connectivity index (χ4n) is 3.85. The van der Waals surface area contributed by atoms with E-state index in [1.807, 2.05) is 37.3 Å². The van der Waals surface area contributed by atoms with E-state index in [-0.39, 0.29) is 12.5 Å². The molecule has 0 fully saturated rings. The van der Waals surface area contributed by atoms with Crippen LogP contribution in [0.5, 0.6) is 0 Å². The van der Waals surface area contributed by atoms with E-state index in [0.717, 1.165) is 16.7 Å². The molecule has 0 amide bonds. The molecule has 0 bridgehead atoms. The molecule has 2 atom stereocenters. The van der Waals surface area contributed by atoms with Gasteiger partial charge in [0.05, 0.1) is 20.3 Å². The molecule has 8 heteroatoms. The van der Waals surface area contributed by atoms with Gasteiger partial charge in [0.15, 0.2) is 0 Å². The molecule has 1 heterocycles. The number of aliphatic hydroxyl groups is 1. The lowest BCUT2D eigenvalue weighted by Gasteiger charge is -2.23. The van der Waals surface area contributed by atoms with Crippen molar-refractivity contribution >= 4 is 29.2 Å². The Kier molecular flexibility index (Phi) is 7.20. The van der Waals surface area contributed by atoms with Crippen LogP contribution in [-0.2, 0) is 31.9 Å². The monoisotopic (exact) mass is 446 g/mol. The highest BCUT2D eigenvalue weighted by Gasteiger charge is 2.52. The molecule has 31 heavy (non-hydrogen) atoms. The summed E-state index contributed by atoms with van der Waals surface area (Å²) in [6, 6.07) is 13.0. The maximum Gasteiger partial charge on any atom is 0.343 e. The van der Waals surface area contributed by atoms with Crippen LogP contribution in [0.2, 0.25) is 5.02 Å². The Hall–Kier alpha value is -2.61. The molecule has 0 aliphatic carbocycles. The van der Waals surface area contributed by atoms with E-state index in [9.17, 15) is 14.7 Å². The molecule has 0 radical (unpaired) electrons. The normalized spacial score (nSPS) is 16.0. The van der Waals surface area contributed by atoms with Gasteiger partial charge in [-0.15, -0.1) is 0 Å². The Morgan fingerprint density at radius 3 is 2.55 bits per heavy atom. The summed E-state index contributed by atoms with van der Waals surface area (Å²) in [5.74, 6) is -1.36. The van der Waals surface area contributed by atoms with Gasteiger partial charge in [0, 0.05) is 29.7 Å². The number of nitrogens with one attached hydrogen (secondary N) is 2. The number of rotatable bonds is 8. The maximum atomic E-state index is 12.3. The molecule has 3 rings (SSSR count). The van der Waals surface area contributed by atoms with Crippen molar-refractivity contribution in [2.75, 3.05) is 26.1 Å². The van der Waals surface area contributed by atoms with Crippen LogP contribution in [0.1, 0.15) is 29.7 Å². The molecule has 1 unspecified atom stereocenters. The molecule has 1 aliphatic rings. The second kappa shape index (κ2) is 9.68. The summed E-state index contributed by atoms with van der Waals surface area (Å²) >= 11 is 5.99. The van der Waals surface area contributed by atoms with E-state index in [1.165, 1.54) is 14.2 Å². The number of ether oxygens (including phenoxy) is 2. The highest BCUT2D eigenvalue weighted by molar-refractivity contribution is 6.30. The molecule has 166 valence electrons. The van der Waals surface area contributed by atoms with E-state index in [0.29, 0.717) is 23.7 Å². The van der Waals surface area contributed by atoms with E-state index in [1.54, 1.807) is 12.1 Å². The van der Waals surface area contributed by atoms with Crippen LogP contribution in [0.4, 0.5) is 5.69 Å². The van der Waals surface area contributed by atoms with Crippen molar-refractivity contribution in [2.24, 2.45) is 0 Å². The lowest BCUT2D eigenvalue weighted by molar-refractivity contribution is -0.159. The fraction of sp³-hybridized carbons (Fsp3) is 0.391. The van der Waals surface area contributed by atoms with E-state index in [2.05, 4.69) is 10.6 Å². The van der Waals surface area contributed by atoms with Crippen LogP contribution in [0.3, 0.4) is 0 Å². The third-order valence-electron chi connectivity index (χ3n) is 5.48. The minimum atomic E-state index is -1.56. The maximum absolute atomic E-state index is 12.3. The average molecular weight is 447 g/mol. The number of aliphatic hydroxyl groups excluding tert-OH is 1. The molecule has 0 saturated heterocycles. The van der Waals surface area contributed by atoms with Crippen molar-refractivity contribution in [3.8, 4) is 0 Å². The van der Waals surface area contributed by atoms with Crippen molar-refractivity contribution in [2.45, 2.75) is 37.5 Å². The molecule has 1 aliphatic heterocycles. The predicted molar refractivity (Wildman–Crippen MR) is 118 cm³/mol. The number of carbonyl (C=O) groups excluding carboxylic acids is 2. The standard InChI is InChI=1S/C23H27ClN2O5/c1-14(25-13-20(27)16-5-4-6-18(24)11-16)9-15-7-8-19-17(10-15)12-23(26-19,21(28)30-2)22(29)31-3/h4-8,10-11,14,20,25-27H,9,12-13H2,1-3H3/t14?,20-/m0/s1. The van der Waals surface area contributed by atoms with Crippen LogP contribution in [0.15, 0.2) is 42.5 Å². The summed E-state index contributed by atoms with van der Waals surface area (Å²) in [6.45, 7) is 2.42. The SMILES string of the molecule is COC(=O)C1(C(=O)OC)Cc2cc(CC(C)NC[C@H](O)c3cccc(Cl)c3)ccc2N1. The molecule has 2 aromatic carbocycles. The Morgan fingerprint density at radius 2 is 1.90 bits per heavy atom. The van der Waals surface area contributed by atoms with E-state index >= 15 is 0 Å². The van der Waals surface area contributed by atoms with Gasteiger partial charge in [-0.2, -0.15) is 0 Å². The number of hydrogen-bond acceptors (Lipinski definition) is 7. The van der Waals surface area contributed by atoms with Crippen LogP contribution >= 0.6 is 11.6 Å². The van der Waals surface area contributed by atoms with Gasteiger partial charge in [0.25, 0.3) is 0 Å². The van der Waals surface area contributed by atoms with Crippen molar-refractivity contribution in [1.82, 2.24) is 5.32 Å². The highest BCUT2D eigenvalue weighted by Crippen LogP contribution is 2.35. The van der Waals surface area contributed by atoms with Gasteiger partial charge >= 0.3 is 11.9 Å². The Labute approximate surface area is 186 Å². The van der Waals surface area contributed by atoms with E-state index < -0.39 is 23.6 Å². The van der Waals surface area contributed by atoms with Crippen molar-refractivity contribution in [1.29, 1.82) is 0 Å². The number of hydrogen-bond donors (Lipinski definition) is 3. The molecule has 0 saturated carbocycles. The van der Waals surface area contributed by atoms with Crippen molar-refractivity contribution in [3.63, 3.8) is 0 Å². The average Bonchev–Trinajstić information content (AvgIpc) is 3.16. The predicted octanol–water partition coefficient (Wildman–Crippen LogP) is 2.65. The minimum Gasteiger partial charge on any atom is -0.467 e. The summed E-state index contributed by atoms with van der Waals surface area (Å²) in [5, 5.41) is 17.3. The summed E-state index contributed by atoms with van der Waals surface area (Å²) in [5.41, 5.74) is 1.80. The fourth-order valence-corrected chi connectivity index (χ4v) is 4.05. The smallest absolute Gasteiger partial charge is 0.343 e. The minimum absolute atomic E-state index is 0.0900. The second-order valence-corrected chi connectivity index (χ2v) is 8.20. The molecule has 7 nitrogen and oxygen atoms in total. The zero-order valence-electron chi connectivity index (χ0n) is 17.8. The number of esters is 2. The van der Waals surface area contributed by atoms with Crippen molar-refractivity contribution in [3.05, 3.63) is 64.2 Å². The Bertz CT molecular complexity index is 949. The van der Waals surface area contributed by atoms with Gasteiger partial charge in [-0.1, -0.05) is 35.9 Å². The summed E-state index contributed by atoms with van der Waals surface area (Å²) in [6.07, 6.45) is 0.204. The van der Waals surface area contributed by atoms with Crippen molar-refractivity contribution < 1.29 is 24.2 Å². The largest absolute Gasteiger partial charge is 0.467 e. The number of fused-ring (bicyclic) bond motifs is 1. The van der Waals surface area contributed by atoms with Crippen LogP contribution in [-0.4, -0.2) is 49.4 Å². The second-order valence-electron chi connectivity index (χ2n) is 7.77. The molecular weight excluding hydrogens is 420 g/mol. The van der Waals surface area contributed by atoms with Gasteiger partial charge < -0.3 is 25.2 Å². The third kappa shape index (κ3) is 5.01. The van der Waals surface area contributed by atoms with E-state index in [4.69, 9.17) is 21.1 Å². The zero-order chi connectivity index (χ0) is 22.6. The quantitative estimate of drug-likeness (QED) is 0.423. The van der Waals surface area contributed by atoms with Gasteiger partial charge in [-0.05, 0) is 48.2 Å². The first kappa shape index (κ1) is 23.1. The van der Waals surface area contributed by atoms with Gasteiger partial charge in [-0.25, -0.2) is 9.59 Å². The lowest BCUT2D eigenvalue weighted by atomic mass is 9.94. The number of methoxy groups -OCH3 is 2. The first-order chi connectivity index (χ1) is 14.8. The van der Waals surface area contributed by atoms with Crippen LogP contribution in [0, 0.1) is 0 Å². The molecule has 0 aromatic heterocycles. The number of anilines is 1. The lowest BCUT2D eigenvalue weighted by Crippen LogP contribution is -2.53. The Morgan fingerprint density at radius 1 is 1.19 bits per heavy atom. The van der Waals surface area contributed by atoms with Gasteiger partial charge in [0.1, 0.15) is 0 Å². The topological polar surface area (TPSA) is 96.9 Å². The zero-order valence-corrected chi connectivity index (χ0v) is 18.5.